The fourth-order valence-corrected chi connectivity index (χ4v) is 2.89. The zero-order valence-electron chi connectivity index (χ0n) is 12.1. The van der Waals surface area contributed by atoms with Crippen molar-refractivity contribution in [3.8, 4) is 0 Å². The van der Waals surface area contributed by atoms with Crippen LogP contribution in [0.25, 0.3) is 0 Å². The molecule has 0 heterocycles. The molecule has 1 amide bonds. The summed E-state index contributed by atoms with van der Waals surface area (Å²) in [5.41, 5.74) is 0. The van der Waals surface area contributed by atoms with E-state index >= 15 is 0 Å². The predicted octanol–water partition coefficient (Wildman–Crippen LogP) is 1.76. The number of ether oxygens (including phenoxy) is 1. The summed E-state index contributed by atoms with van der Waals surface area (Å²) in [6.45, 7) is 5.05. The van der Waals surface area contributed by atoms with E-state index in [1.807, 2.05) is 13.8 Å². The van der Waals surface area contributed by atoms with Crippen molar-refractivity contribution >= 4 is 11.9 Å². The third kappa shape index (κ3) is 4.20. The van der Waals surface area contributed by atoms with Gasteiger partial charge in [0.05, 0.1) is 18.6 Å². The monoisotopic (exact) mass is 271 g/mol. The summed E-state index contributed by atoms with van der Waals surface area (Å²) in [4.78, 5) is 25.3. The maximum absolute atomic E-state index is 12.5. The van der Waals surface area contributed by atoms with E-state index in [1.54, 1.807) is 12.0 Å². The Kier molecular flexibility index (Phi) is 6.28. The predicted molar refractivity (Wildman–Crippen MR) is 71.8 cm³/mol. The molecule has 19 heavy (non-hydrogen) atoms. The lowest BCUT2D eigenvalue weighted by Gasteiger charge is -2.34. The van der Waals surface area contributed by atoms with Gasteiger partial charge in [0.1, 0.15) is 0 Å². The molecule has 0 bridgehead atoms. The van der Waals surface area contributed by atoms with Crippen LogP contribution in [0, 0.1) is 11.8 Å². The fourth-order valence-electron chi connectivity index (χ4n) is 2.89. The molecule has 5 heteroatoms. The maximum Gasteiger partial charge on any atom is 0.306 e. The largest absolute Gasteiger partial charge is 0.481 e. The molecule has 3 atom stereocenters. The lowest BCUT2D eigenvalue weighted by atomic mass is 9.80. The van der Waals surface area contributed by atoms with Gasteiger partial charge in [0.2, 0.25) is 5.91 Å². The molecule has 1 saturated carbocycles. The minimum absolute atomic E-state index is 0.0349. The molecule has 1 rings (SSSR count). The lowest BCUT2D eigenvalue weighted by Crippen LogP contribution is -2.45. The number of nitrogens with zero attached hydrogens (tertiary/aromatic N) is 1. The number of carbonyl (C=O) groups is 2. The molecule has 1 N–H and O–H groups in total. The highest BCUT2D eigenvalue weighted by Gasteiger charge is 2.34. The minimum Gasteiger partial charge on any atom is -0.481 e. The van der Waals surface area contributed by atoms with E-state index in [9.17, 15) is 9.59 Å². The number of carboxylic acid groups (broad SMARTS) is 1. The van der Waals surface area contributed by atoms with Crippen molar-refractivity contribution in [1.29, 1.82) is 0 Å². The Hall–Kier alpha value is -1.10. The summed E-state index contributed by atoms with van der Waals surface area (Å²) in [6.07, 6.45) is 2.80. The van der Waals surface area contributed by atoms with Crippen LogP contribution in [0.3, 0.4) is 0 Å². The van der Waals surface area contributed by atoms with Crippen molar-refractivity contribution in [2.75, 3.05) is 20.3 Å². The number of aliphatic carboxylic acids is 1. The van der Waals surface area contributed by atoms with Crippen molar-refractivity contribution < 1.29 is 19.4 Å². The van der Waals surface area contributed by atoms with Gasteiger partial charge in [-0.2, -0.15) is 0 Å². The first-order valence-corrected chi connectivity index (χ1v) is 7.03. The van der Waals surface area contributed by atoms with E-state index < -0.39 is 5.97 Å². The summed E-state index contributed by atoms with van der Waals surface area (Å²) >= 11 is 0. The van der Waals surface area contributed by atoms with E-state index in [0.717, 1.165) is 12.8 Å². The molecule has 0 spiro atoms. The van der Waals surface area contributed by atoms with Crippen LogP contribution >= 0.6 is 0 Å². The Morgan fingerprint density at radius 1 is 1.37 bits per heavy atom. The van der Waals surface area contributed by atoms with Gasteiger partial charge in [-0.3, -0.25) is 9.59 Å². The maximum atomic E-state index is 12.5. The SMILES string of the molecule is CCN(C(=O)C1CCCC(C(=O)O)C1)C(C)COC. The minimum atomic E-state index is -0.773. The van der Waals surface area contributed by atoms with Crippen LogP contribution in [0.15, 0.2) is 0 Å². The van der Waals surface area contributed by atoms with Gasteiger partial charge in [-0.1, -0.05) is 6.42 Å². The normalized spacial score (nSPS) is 24.8. The Labute approximate surface area is 114 Å². The zero-order valence-corrected chi connectivity index (χ0v) is 12.1. The highest BCUT2D eigenvalue weighted by molar-refractivity contribution is 5.80. The number of likely N-dealkylation sites (N-methyl/N-ethyl adjacent to an activating group) is 1. The van der Waals surface area contributed by atoms with E-state index in [4.69, 9.17) is 9.84 Å². The van der Waals surface area contributed by atoms with Crippen molar-refractivity contribution in [2.45, 2.75) is 45.6 Å². The van der Waals surface area contributed by atoms with Gasteiger partial charge in [-0.05, 0) is 33.1 Å². The van der Waals surface area contributed by atoms with Gasteiger partial charge in [0.15, 0.2) is 0 Å². The molecule has 0 aliphatic heterocycles. The number of carbonyl (C=O) groups excluding carboxylic acids is 1. The molecule has 0 aromatic rings. The number of hydrogen-bond acceptors (Lipinski definition) is 3. The molecule has 0 aromatic carbocycles. The molecule has 1 aliphatic rings. The second-order valence-corrected chi connectivity index (χ2v) is 5.33. The van der Waals surface area contributed by atoms with Crippen LogP contribution in [-0.2, 0) is 14.3 Å². The summed E-state index contributed by atoms with van der Waals surface area (Å²) in [6, 6.07) is 0.0349. The average molecular weight is 271 g/mol. The van der Waals surface area contributed by atoms with Crippen molar-refractivity contribution in [2.24, 2.45) is 11.8 Å². The van der Waals surface area contributed by atoms with E-state index in [0.29, 0.717) is 26.0 Å². The van der Waals surface area contributed by atoms with Gasteiger partial charge in [-0.25, -0.2) is 0 Å². The molecule has 0 saturated heterocycles. The van der Waals surface area contributed by atoms with Crippen LogP contribution in [0.1, 0.15) is 39.5 Å². The zero-order chi connectivity index (χ0) is 14.4. The Morgan fingerprint density at radius 3 is 2.53 bits per heavy atom. The topological polar surface area (TPSA) is 66.8 Å². The number of amides is 1. The highest BCUT2D eigenvalue weighted by Crippen LogP contribution is 2.30. The Morgan fingerprint density at radius 2 is 2.00 bits per heavy atom. The van der Waals surface area contributed by atoms with Crippen LogP contribution in [-0.4, -0.2) is 48.2 Å². The molecule has 1 fully saturated rings. The standard InChI is InChI=1S/C14H25NO4/c1-4-15(10(2)9-19-3)13(16)11-6-5-7-12(8-11)14(17)18/h10-12H,4-9H2,1-3H3,(H,17,18). The quantitative estimate of drug-likeness (QED) is 0.799. The van der Waals surface area contributed by atoms with Crippen LogP contribution in [0.2, 0.25) is 0 Å². The van der Waals surface area contributed by atoms with Crippen molar-refractivity contribution in [1.82, 2.24) is 4.90 Å². The van der Waals surface area contributed by atoms with Crippen molar-refractivity contribution in [3.05, 3.63) is 0 Å². The lowest BCUT2D eigenvalue weighted by molar-refractivity contribution is -0.146. The summed E-state index contributed by atoms with van der Waals surface area (Å²) in [5.74, 6) is -1.20. The average Bonchev–Trinajstić information content (AvgIpc) is 2.39. The Balaban J connectivity index is 2.66. The van der Waals surface area contributed by atoms with E-state index in [2.05, 4.69) is 0 Å². The van der Waals surface area contributed by atoms with Crippen LogP contribution < -0.4 is 0 Å². The third-order valence-corrected chi connectivity index (χ3v) is 3.94. The molecule has 1 aliphatic carbocycles. The summed E-state index contributed by atoms with van der Waals surface area (Å²) < 4.78 is 5.10. The number of carboxylic acids is 1. The van der Waals surface area contributed by atoms with E-state index in [-0.39, 0.29) is 23.8 Å². The van der Waals surface area contributed by atoms with Gasteiger partial charge >= 0.3 is 5.97 Å². The molecule has 3 unspecified atom stereocenters. The van der Waals surface area contributed by atoms with Crippen LogP contribution in [0.4, 0.5) is 0 Å². The number of methoxy groups -OCH3 is 1. The molecule has 110 valence electrons. The third-order valence-electron chi connectivity index (χ3n) is 3.94. The first-order valence-electron chi connectivity index (χ1n) is 7.03. The number of hydrogen-bond donors (Lipinski definition) is 1. The molecule has 0 radical (unpaired) electrons. The van der Waals surface area contributed by atoms with Gasteiger partial charge < -0.3 is 14.7 Å². The second-order valence-electron chi connectivity index (χ2n) is 5.33. The molecule has 5 nitrogen and oxygen atoms in total. The van der Waals surface area contributed by atoms with Crippen molar-refractivity contribution in [3.63, 3.8) is 0 Å². The van der Waals surface area contributed by atoms with Gasteiger partial charge in [0.25, 0.3) is 0 Å². The highest BCUT2D eigenvalue weighted by atomic mass is 16.5. The van der Waals surface area contributed by atoms with Gasteiger partial charge in [0, 0.05) is 19.6 Å². The van der Waals surface area contributed by atoms with Gasteiger partial charge in [-0.15, -0.1) is 0 Å². The second kappa shape index (κ2) is 7.48. The smallest absolute Gasteiger partial charge is 0.306 e. The number of rotatable bonds is 6. The van der Waals surface area contributed by atoms with Crippen LogP contribution in [0.5, 0.6) is 0 Å². The molecular weight excluding hydrogens is 246 g/mol. The first-order chi connectivity index (χ1) is 9.01. The van der Waals surface area contributed by atoms with E-state index in [1.165, 1.54) is 0 Å². The molecule has 0 aromatic heterocycles. The summed E-state index contributed by atoms with van der Waals surface area (Å²) in [7, 11) is 1.62. The molecular formula is C14H25NO4. The summed E-state index contributed by atoms with van der Waals surface area (Å²) in [5, 5.41) is 9.08. The Bertz CT molecular complexity index is 319. The first kappa shape index (κ1) is 16.0. The fraction of sp³-hybridized carbons (Fsp3) is 0.857.